The molecule has 1 aromatic carbocycles. The smallest absolute Gasteiger partial charge is 0.408 e. The second kappa shape index (κ2) is 11.2. The third-order valence-electron chi connectivity index (χ3n) is 8.18. The van der Waals surface area contributed by atoms with E-state index >= 15 is 0 Å². The Bertz CT molecular complexity index is 1190. The van der Waals surface area contributed by atoms with Gasteiger partial charge in [0.2, 0.25) is 11.8 Å². The second-order valence-electron chi connectivity index (χ2n) is 12.0. The molecule has 216 valence electrons. The fourth-order valence-corrected chi connectivity index (χ4v) is 6.72. The summed E-state index contributed by atoms with van der Waals surface area (Å²) in [4.78, 5) is 50.5. The van der Waals surface area contributed by atoms with Crippen LogP contribution in [0, 0.1) is 17.2 Å². The summed E-state index contributed by atoms with van der Waals surface area (Å²) >= 11 is 0.992. The Morgan fingerprint density at radius 1 is 1.23 bits per heavy atom. The molecule has 3 saturated heterocycles. The van der Waals surface area contributed by atoms with Gasteiger partial charge in [-0.25, -0.2) is 4.79 Å². The monoisotopic (exact) mass is 572 g/mol. The summed E-state index contributed by atoms with van der Waals surface area (Å²) in [6, 6.07) is 7.96. The lowest BCUT2D eigenvalue weighted by Crippen LogP contribution is -2.59. The van der Waals surface area contributed by atoms with E-state index < -0.39 is 23.8 Å². The number of piperazine rings is 1. The Balaban J connectivity index is 1.27. The average molecular weight is 573 g/mol. The first-order valence-corrected chi connectivity index (χ1v) is 14.3. The van der Waals surface area contributed by atoms with Crippen molar-refractivity contribution < 1.29 is 28.4 Å². The maximum absolute atomic E-state index is 13.7. The number of nitrogens with one attached hydrogen (secondary N) is 1. The van der Waals surface area contributed by atoms with Crippen LogP contribution in [-0.2, 0) is 23.6 Å². The number of nitrogens with zero attached hydrogens (tertiary/aromatic N) is 4. The molecule has 3 amide bonds. The number of likely N-dealkylation sites (tertiary alicyclic amines) is 3. The van der Waals surface area contributed by atoms with Crippen LogP contribution in [0.5, 0.6) is 0 Å². The number of hydrogen-bond donors (Lipinski definition) is 2. The summed E-state index contributed by atoms with van der Waals surface area (Å²) in [5.74, 6) is 4.96. The van der Waals surface area contributed by atoms with Crippen LogP contribution in [0.1, 0.15) is 58.6 Å². The second-order valence-corrected chi connectivity index (χ2v) is 12.8. The Labute approximate surface area is 238 Å². The van der Waals surface area contributed by atoms with Gasteiger partial charge in [0.05, 0.1) is 30.2 Å². The maximum Gasteiger partial charge on any atom is 0.408 e. The van der Waals surface area contributed by atoms with Gasteiger partial charge in [0.25, 0.3) is 0 Å². The molecule has 3 heterocycles. The molecule has 2 bridgehead atoms. The van der Waals surface area contributed by atoms with E-state index in [4.69, 9.17) is 10.6 Å². The molecule has 1 aromatic rings. The number of nitrogens with two attached hydrogens (primary N) is 1. The quantitative estimate of drug-likeness (QED) is 0.256. The number of alkyl carbamates (subject to hydrolysis) is 1. The predicted molar refractivity (Wildman–Crippen MR) is 144 cm³/mol. The van der Waals surface area contributed by atoms with Gasteiger partial charge in [0.15, 0.2) is 0 Å². The first-order valence-electron chi connectivity index (χ1n) is 13.6. The van der Waals surface area contributed by atoms with Crippen LogP contribution in [-0.4, -0.2) is 81.5 Å². The number of carbonyl (C=O) groups is 3. The van der Waals surface area contributed by atoms with Gasteiger partial charge in [-0.2, -0.15) is 11.2 Å². The first kappa shape index (κ1) is 28.6. The molecule has 0 unspecified atom stereocenters. The van der Waals surface area contributed by atoms with E-state index in [2.05, 4.69) is 20.7 Å². The molecular formula is C27H36N6O6S. The average Bonchev–Trinajstić information content (AvgIpc) is 3.22. The highest BCUT2D eigenvalue weighted by Crippen LogP contribution is 2.48. The summed E-state index contributed by atoms with van der Waals surface area (Å²) in [6.45, 7) is 8.04. The van der Waals surface area contributed by atoms with E-state index in [9.17, 15) is 19.6 Å². The summed E-state index contributed by atoms with van der Waals surface area (Å²) in [5.41, 5.74) is 0.254. The van der Waals surface area contributed by atoms with Crippen LogP contribution in [0.4, 0.5) is 4.79 Å². The Hall–Kier alpha value is -2.89. The van der Waals surface area contributed by atoms with Crippen molar-refractivity contribution in [1.82, 2.24) is 20.0 Å². The Morgan fingerprint density at radius 3 is 2.58 bits per heavy atom. The molecule has 7 atom stereocenters. The zero-order valence-corrected chi connectivity index (χ0v) is 23.9. The molecule has 5 rings (SSSR count). The van der Waals surface area contributed by atoms with E-state index in [-0.39, 0.29) is 42.5 Å². The SMILES string of the molecule is C[C@H](c1ccc(SOON)cc1)N1C(=O)[C@H]2C[C@@H]1CN2C[C@H](NC(=O)OC(C)(C)C)C(=O)N1[C@H](C#N)C[C@@H]2C[C@@H]21. The van der Waals surface area contributed by atoms with E-state index in [1.165, 1.54) is 0 Å². The lowest BCUT2D eigenvalue weighted by atomic mass is 10.1. The van der Waals surface area contributed by atoms with Gasteiger partial charge in [-0.1, -0.05) is 12.1 Å². The van der Waals surface area contributed by atoms with Crippen molar-refractivity contribution >= 4 is 30.0 Å². The minimum atomic E-state index is -0.923. The number of ether oxygens (including phenoxy) is 1. The number of piperidine rings is 1. The normalized spacial score (nSPS) is 28.7. The van der Waals surface area contributed by atoms with Gasteiger partial charge >= 0.3 is 6.09 Å². The zero-order valence-electron chi connectivity index (χ0n) is 23.1. The minimum absolute atomic E-state index is 0.00358. The van der Waals surface area contributed by atoms with E-state index in [0.717, 1.165) is 28.9 Å². The lowest BCUT2D eigenvalue weighted by molar-refractivity contribution is -0.195. The maximum atomic E-state index is 13.7. The van der Waals surface area contributed by atoms with Crippen molar-refractivity contribution in [2.75, 3.05) is 13.1 Å². The number of benzene rings is 1. The predicted octanol–water partition coefficient (Wildman–Crippen LogP) is 2.27. The molecule has 13 heteroatoms. The Morgan fingerprint density at radius 2 is 1.95 bits per heavy atom. The topological polar surface area (TPSA) is 150 Å². The van der Waals surface area contributed by atoms with E-state index in [1.807, 2.05) is 41.0 Å². The van der Waals surface area contributed by atoms with Crippen LogP contribution in [0.15, 0.2) is 29.2 Å². The highest BCUT2D eigenvalue weighted by atomic mass is 32.2. The van der Waals surface area contributed by atoms with Crippen LogP contribution < -0.4 is 11.2 Å². The van der Waals surface area contributed by atoms with E-state index in [0.29, 0.717) is 25.3 Å². The molecule has 40 heavy (non-hydrogen) atoms. The molecule has 4 fully saturated rings. The number of carbonyl (C=O) groups excluding carboxylic acids is 3. The van der Waals surface area contributed by atoms with Crippen molar-refractivity contribution in [2.45, 2.75) is 93.7 Å². The van der Waals surface area contributed by atoms with Crippen molar-refractivity contribution in [3.63, 3.8) is 0 Å². The molecule has 3 N–H and O–H groups in total. The third-order valence-corrected chi connectivity index (χ3v) is 8.79. The largest absolute Gasteiger partial charge is 0.444 e. The van der Waals surface area contributed by atoms with E-state index in [1.54, 1.807) is 25.7 Å². The molecule has 1 aliphatic carbocycles. The molecule has 4 aliphatic rings. The highest BCUT2D eigenvalue weighted by Gasteiger charge is 2.56. The van der Waals surface area contributed by atoms with Gasteiger partial charge < -0.3 is 19.9 Å². The number of nitriles is 1. The van der Waals surface area contributed by atoms with Gasteiger partial charge in [-0.3, -0.25) is 14.5 Å². The molecule has 1 saturated carbocycles. The number of fused-ring (bicyclic) bond motifs is 3. The van der Waals surface area contributed by atoms with Crippen LogP contribution in [0.2, 0.25) is 0 Å². The summed E-state index contributed by atoms with van der Waals surface area (Å²) in [5, 5.41) is 12.4. The zero-order chi connectivity index (χ0) is 28.8. The van der Waals surface area contributed by atoms with Crippen molar-refractivity contribution in [3.05, 3.63) is 29.8 Å². The van der Waals surface area contributed by atoms with Crippen molar-refractivity contribution in [1.29, 1.82) is 5.26 Å². The van der Waals surface area contributed by atoms with Crippen LogP contribution in [0.3, 0.4) is 0 Å². The van der Waals surface area contributed by atoms with Gasteiger partial charge in [0, 0.05) is 30.1 Å². The molecule has 3 aliphatic heterocycles. The number of amides is 3. The van der Waals surface area contributed by atoms with Gasteiger partial charge in [-0.15, -0.1) is 9.32 Å². The van der Waals surface area contributed by atoms with Crippen LogP contribution in [0.25, 0.3) is 0 Å². The molecule has 12 nitrogen and oxygen atoms in total. The highest BCUT2D eigenvalue weighted by molar-refractivity contribution is 7.94. The fourth-order valence-electron chi connectivity index (χ4n) is 6.36. The molecular weight excluding hydrogens is 536 g/mol. The third kappa shape index (κ3) is 5.77. The molecule has 0 spiro atoms. The van der Waals surface area contributed by atoms with Crippen molar-refractivity contribution in [2.24, 2.45) is 11.8 Å². The summed E-state index contributed by atoms with van der Waals surface area (Å²) in [6.07, 6.45) is 1.51. The number of rotatable bonds is 9. The Kier molecular flexibility index (Phi) is 8.00. The van der Waals surface area contributed by atoms with Crippen molar-refractivity contribution in [3.8, 4) is 6.07 Å². The summed E-state index contributed by atoms with van der Waals surface area (Å²) in [7, 11) is 0. The molecule has 0 aromatic heterocycles. The fraction of sp³-hybridized carbons (Fsp3) is 0.630. The van der Waals surface area contributed by atoms with Gasteiger partial charge in [-0.05, 0) is 70.6 Å². The van der Waals surface area contributed by atoms with Gasteiger partial charge in [0.1, 0.15) is 17.7 Å². The standard InChI is InChI=1S/C27H36N6O6S/c1-15(16-5-7-20(8-6-16)40-39-38-29)32-19-11-23(25(32)35)31(13-19)14-21(30-26(36)37-27(2,3)4)24(34)33-18(12-28)9-17-10-22(17)33/h5-8,15,17-19,21-23H,9-11,13-14,29H2,1-4H3,(H,30,36)/t15-,17-,18+,19-,21+,22+,23-/m1/s1. The minimum Gasteiger partial charge on any atom is -0.444 e. The van der Waals surface area contributed by atoms with Crippen LogP contribution >= 0.6 is 12.0 Å². The molecule has 0 radical (unpaired) electrons. The summed E-state index contributed by atoms with van der Waals surface area (Å²) < 4.78 is 10.1. The first-order chi connectivity index (χ1) is 19.0. The number of hydrogen-bond acceptors (Lipinski definition) is 10. The lowest BCUT2D eigenvalue weighted by Gasteiger charge is -2.39.